The van der Waals surface area contributed by atoms with Crippen molar-refractivity contribution in [2.75, 3.05) is 30.4 Å². The Hall–Kier alpha value is -3.59. The summed E-state index contributed by atoms with van der Waals surface area (Å²) in [5.41, 5.74) is 3.31. The van der Waals surface area contributed by atoms with Crippen molar-refractivity contribution in [3.05, 3.63) is 65.4 Å². The molecule has 192 valence electrons. The molecule has 1 aliphatic heterocycles. The molecular formula is C27H34N4O4S. The smallest absolute Gasteiger partial charge is 0.338 e. The molecule has 2 amide bonds. The van der Waals surface area contributed by atoms with Crippen LogP contribution in [0, 0.1) is 5.92 Å². The zero-order valence-corrected chi connectivity index (χ0v) is 22.2. The van der Waals surface area contributed by atoms with Gasteiger partial charge in [0.15, 0.2) is 5.11 Å². The van der Waals surface area contributed by atoms with Crippen LogP contribution in [0.1, 0.15) is 46.2 Å². The molecule has 1 aliphatic rings. The maximum Gasteiger partial charge on any atom is 0.338 e. The van der Waals surface area contributed by atoms with Gasteiger partial charge in [-0.2, -0.15) is 0 Å². The predicted molar refractivity (Wildman–Crippen MR) is 146 cm³/mol. The van der Waals surface area contributed by atoms with E-state index in [9.17, 15) is 9.59 Å². The number of rotatable bonds is 9. The lowest BCUT2D eigenvalue weighted by Gasteiger charge is -2.37. The minimum Gasteiger partial charge on any atom is -0.492 e. The minimum absolute atomic E-state index is 0.227. The maximum absolute atomic E-state index is 13.1. The largest absolute Gasteiger partial charge is 0.492 e. The number of amides is 2. The van der Waals surface area contributed by atoms with Gasteiger partial charge >= 0.3 is 12.0 Å². The second-order valence-corrected chi connectivity index (χ2v) is 9.14. The third-order valence-electron chi connectivity index (χ3n) is 5.62. The summed E-state index contributed by atoms with van der Waals surface area (Å²) in [5, 5.41) is 9.47. The molecule has 0 saturated carbocycles. The number of anilines is 2. The summed E-state index contributed by atoms with van der Waals surface area (Å²) >= 11 is 5.55. The van der Waals surface area contributed by atoms with Gasteiger partial charge in [-0.15, -0.1) is 0 Å². The summed E-state index contributed by atoms with van der Waals surface area (Å²) < 4.78 is 11.1. The van der Waals surface area contributed by atoms with Crippen LogP contribution in [-0.2, 0) is 9.53 Å². The first-order valence-corrected chi connectivity index (χ1v) is 12.5. The SMILES string of the molecule is CCOc1ccccc1NC(=O)Nc1ccc(C2NC(=S)N(CC)C(C)=C2C(=O)OCC(C)C)cc1. The van der Waals surface area contributed by atoms with E-state index in [2.05, 4.69) is 16.0 Å². The lowest BCUT2D eigenvalue weighted by atomic mass is 9.95. The van der Waals surface area contributed by atoms with Crippen LogP contribution >= 0.6 is 12.2 Å². The average molecular weight is 511 g/mol. The van der Waals surface area contributed by atoms with Crippen molar-refractivity contribution < 1.29 is 19.1 Å². The van der Waals surface area contributed by atoms with Crippen LogP contribution in [0.2, 0.25) is 0 Å². The van der Waals surface area contributed by atoms with Gasteiger partial charge in [-0.05, 0) is 68.7 Å². The summed E-state index contributed by atoms with van der Waals surface area (Å²) in [5.74, 6) is 0.462. The van der Waals surface area contributed by atoms with Crippen LogP contribution in [0.3, 0.4) is 0 Å². The summed E-state index contributed by atoms with van der Waals surface area (Å²) in [6, 6.07) is 13.7. The van der Waals surface area contributed by atoms with Gasteiger partial charge in [0.1, 0.15) is 5.75 Å². The summed E-state index contributed by atoms with van der Waals surface area (Å²) in [6.07, 6.45) is 0. The Morgan fingerprint density at radius 2 is 1.78 bits per heavy atom. The number of urea groups is 1. The van der Waals surface area contributed by atoms with E-state index in [1.807, 2.05) is 63.8 Å². The number of benzene rings is 2. The van der Waals surface area contributed by atoms with Gasteiger partial charge in [0.25, 0.3) is 0 Å². The number of ether oxygens (including phenoxy) is 2. The molecule has 0 bridgehead atoms. The van der Waals surface area contributed by atoms with Gasteiger partial charge < -0.3 is 30.3 Å². The Balaban J connectivity index is 1.78. The van der Waals surface area contributed by atoms with E-state index >= 15 is 0 Å². The van der Waals surface area contributed by atoms with Gasteiger partial charge in [0.2, 0.25) is 0 Å². The molecule has 36 heavy (non-hydrogen) atoms. The van der Waals surface area contributed by atoms with Gasteiger partial charge in [0, 0.05) is 17.9 Å². The monoisotopic (exact) mass is 510 g/mol. The third kappa shape index (κ3) is 6.54. The molecule has 0 saturated heterocycles. The summed E-state index contributed by atoms with van der Waals surface area (Å²) in [6.45, 7) is 11.2. The number of carbonyl (C=O) groups is 2. The summed E-state index contributed by atoms with van der Waals surface area (Å²) in [7, 11) is 0. The highest BCUT2D eigenvalue weighted by atomic mass is 32.1. The van der Waals surface area contributed by atoms with E-state index < -0.39 is 6.04 Å². The molecule has 2 aromatic rings. The Labute approximate surface area is 218 Å². The zero-order chi connectivity index (χ0) is 26.2. The van der Waals surface area contributed by atoms with E-state index in [0.717, 1.165) is 11.3 Å². The van der Waals surface area contributed by atoms with Crippen molar-refractivity contribution in [1.82, 2.24) is 10.2 Å². The molecule has 8 nitrogen and oxygen atoms in total. The standard InChI is InChI=1S/C27H34N4O4S/c1-6-31-18(5)23(25(32)35-16-17(3)4)24(30-27(31)36)19-12-14-20(15-13-19)28-26(33)29-21-10-8-9-11-22(21)34-7-2/h8-15,17,24H,6-7,16H2,1-5H3,(H,30,36)(H2,28,29,33). The number of nitrogens with one attached hydrogen (secondary N) is 3. The fourth-order valence-corrected chi connectivity index (χ4v) is 4.28. The molecule has 1 heterocycles. The number of hydrogen-bond donors (Lipinski definition) is 3. The number of para-hydroxylation sites is 2. The van der Waals surface area contributed by atoms with E-state index in [-0.39, 0.29) is 17.9 Å². The van der Waals surface area contributed by atoms with Crippen LogP contribution in [0.15, 0.2) is 59.8 Å². The highest BCUT2D eigenvalue weighted by molar-refractivity contribution is 7.80. The lowest BCUT2D eigenvalue weighted by Crippen LogP contribution is -2.47. The van der Waals surface area contributed by atoms with Crippen molar-refractivity contribution in [1.29, 1.82) is 0 Å². The molecule has 1 atom stereocenters. The zero-order valence-electron chi connectivity index (χ0n) is 21.4. The van der Waals surface area contributed by atoms with Crippen LogP contribution in [0.5, 0.6) is 5.75 Å². The highest BCUT2D eigenvalue weighted by Gasteiger charge is 2.34. The molecule has 1 unspecified atom stereocenters. The quantitative estimate of drug-likeness (QED) is 0.305. The Morgan fingerprint density at radius 1 is 1.08 bits per heavy atom. The number of nitrogens with zero attached hydrogens (tertiary/aromatic N) is 1. The molecule has 3 N–H and O–H groups in total. The van der Waals surface area contributed by atoms with Crippen molar-refractivity contribution in [2.24, 2.45) is 5.92 Å². The molecular weight excluding hydrogens is 476 g/mol. The Kier molecular flexibility index (Phi) is 9.30. The van der Waals surface area contributed by atoms with Crippen LogP contribution in [-0.4, -0.2) is 41.8 Å². The van der Waals surface area contributed by atoms with Gasteiger partial charge in [-0.25, -0.2) is 9.59 Å². The number of allylic oxidation sites excluding steroid dienone is 1. The van der Waals surface area contributed by atoms with E-state index in [1.54, 1.807) is 24.3 Å². The fraction of sp³-hybridized carbons (Fsp3) is 0.370. The first kappa shape index (κ1) is 27.0. The number of esters is 1. The second kappa shape index (κ2) is 12.4. The molecule has 0 spiro atoms. The van der Waals surface area contributed by atoms with Crippen LogP contribution < -0.4 is 20.7 Å². The Bertz CT molecular complexity index is 1130. The molecule has 0 aromatic heterocycles. The van der Waals surface area contributed by atoms with Crippen LogP contribution in [0.25, 0.3) is 0 Å². The van der Waals surface area contributed by atoms with Crippen LogP contribution in [0.4, 0.5) is 16.2 Å². The van der Waals surface area contributed by atoms with Gasteiger partial charge in [0.05, 0.1) is 30.5 Å². The molecule has 0 fully saturated rings. The normalized spacial score (nSPS) is 15.4. The maximum atomic E-state index is 13.1. The van der Waals surface area contributed by atoms with E-state index in [0.29, 0.717) is 47.6 Å². The van der Waals surface area contributed by atoms with Crippen molar-refractivity contribution in [2.45, 2.75) is 40.7 Å². The number of hydrogen-bond acceptors (Lipinski definition) is 5. The molecule has 9 heteroatoms. The third-order valence-corrected chi connectivity index (χ3v) is 5.96. The first-order valence-electron chi connectivity index (χ1n) is 12.1. The van der Waals surface area contributed by atoms with Gasteiger partial charge in [-0.3, -0.25) is 0 Å². The second-order valence-electron chi connectivity index (χ2n) is 8.75. The molecule has 0 aliphatic carbocycles. The molecule has 2 aromatic carbocycles. The highest BCUT2D eigenvalue weighted by Crippen LogP contribution is 2.32. The van der Waals surface area contributed by atoms with Crippen molar-refractivity contribution in [3.63, 3.8) is 0 Å². The molecule has 3 rings (SSSR count). The van der Waals surface area contributed by atoms with Crippen molar-refractivity contribution >= 4 is 40.7 Å². The van der Waals surface area contributed by atoms with E-state index in [1.165, 1.54) is 0 Å². The summed E-state index contributed by atoms with van der Waals surface area (Å²) in [4.78, 5) is 27.5. The Morgan fingerprint density at radius 3 is 2.42 bits per heavy atom. The predicted octanol–water partition coefficient (Wildman–Crippen LogP) is 5.45. The minimum atomic E-state index is -0.457. The van der Waals surface area contributed by atoms with Gasteiger partial charge in [-0.1, -0.05) is 38.1 Å². The molecule has 0 radical (unpaired) electrons. The fourth-order valence-electron chi connectivity index (χ4n) is 3.89. The lowest BCUT2D eigenvalue weighted by molar-refractivity contribution is -0.140. The van der Waals surface area contributed by atoms with E-state index in [4.69, 9.17) is 21.7 Å². The number of thiocarbonyl (C=S) groups is 1. The topological polar surface area (TPSA) is 91.9 Å². The number of carbonyl (C=O) groups excluding carboxylic acids is 2. The van der Waals surface area contributed by atoms with Crippen molar-refractivity contribution in [3.8, 4) is 5.75 Å². The average Bonchev–Trinajstić information content (AvgIpc) is 2.84. The first-order chi connectivity index (χ1) is 17.2.